The Labute approximate surface area is 411 Å². The Bertz CT molecular complexity index is 4170. The Morgan fingerprint density at radius 3 is 1.28 bits per heavy atom. The number of para-hydroxylation sites is 4. The molecule has 0 N–H and O–H groups in total. The minimum absolute atomic E-state index is 0.341. The van der Waals surface area contributed by atoms with E-state index in [2.05, 4.69) is 223 Å². The Hall–Kier alpha value is -9.19. The van der Waals surface area contributed by atoms with Crippen LogP contribution in [0.15, 0.2) is 237 Å². The third-order valence-corrected chi connectivity index (χ3v) is 14.8. The largest absolute Gasteiger partial charge is 0.309 e. The van der Waals surface area contributed by atoms with Crippen LogP contribution in [-0.2, 0) is 5.41 Å². The molecule has 3 heterocycles. The van der Waals surface area contributed by atoms with Crippen molar-refractivity contribution in [3.63, 3.8) is 0 Å². The van der Waals surface area contributed by atoms with Gasteiger partial charge in [0.2, 0.25) is 0 Å². The van der Waals surface area contributed by atoms with Gasteiger partial charge in [0.25, 0.3) is 0 Å². The van der Waals surface area contributed by atoms with Crippen LogP contribution in [0.25, 0.3) is 123 Å². The molecule has 0 unspecified atom stereocenters. The van der Waals surface area contributed by atoms with Crippen molar-refractivity contribution in [1.82, 2.24) is 24.1 Å². The number of nitrogens with zero attached hydrogens (tertiary/aromatic N) is 5. The summed E-state index contributed by atoms with van der Waals surface area (Å²) >= 11 is 0. The molecule has 0 spiro atoms. The van der Waals surface area contributed by atoms with Crippen LogP contribution >= 0.6 is 0 Å². The number of fused-ring (bicyclic) bond motifs is 9. The fourth-order valence-electron chi connectivity index (χ4n) is 11.4. The molecule has 0 saturated carbocycles. The highest BCUT2D eigenvalue weighted by molar-refractivity contribution is 6.12. The Morgan fingerprint density at radius 1 is 0.296 bits per heavy atom. The summed E-state index contributed by atoms with van der Waals surface area (Å²) in [5.74, 6) is 1.91. The van der Waals surface area contributed by atoms with E-state index in [1.165, 1.54) is 65.9 Å². The van der Waals surface area contributed by atoms with Gasteiger partial charge in [-0.2, -0.15) is 0 Å². The van der Waals surface area contributed by atoms with Crippen molar-refractivity contribution in [2.24, 2.45) is 0 Å². The maximum Gasteiger partial charge on any atom is 0.165 e. The van der Waals surface area contributed by atoms with Crippen LogP contribution in [0.4, 0.5) is 0 Å². The fraction of sp³-hybridized carbons (Fsp3) is 0.0455. The molecule has 0 aliphatic heterocycles. The summed E-state index contributed by atoms with van der Waals surface area (Å²) in [6.07, 6.45) is 0. The van der Waals surface area contributed by atoms with Crippen molar-refractivity contribution in [3.05, 3.63) is 248 Å². The zero-order chi connectivity index (χ0) is 47.2. The molecule has 71 heavy (non-hydrogen) atoms. The first kappa shape index (κ1) is 40.8. The van der Waals surface area contributed by atoms with Gasteiger partial charge < -0.3 is 9.13 Å². The van der Waals surface area contributed by atoms with Crippen LogP contribution in [0.5, 0.6) is 0 Å². The molecule has 0 saturated heterocycles. The lowest BCUT2D eigenvalue weighted by Crippen LogP contribution is -2.15. The van der Waals surface area contributed by atoms with Crippen LogP contribution in [-0.4, -0.2) is 24.1 Å². The monoisotopic (exact) mass is 907 g/mol. The predicted octanol–water partition coefficient (Wildman–Crippen LogP) is 16.7. The van der Waals surface area contributed by atoms with Gasteiger partial charge >= 0.3 is 0 Å². The Kier molecular flexibility index (Phi) is 9.17. The molecular weight excluding hydrogens is 863 g/mol. The lowest BCUT2D eigenvalue weighted by atomic mass is 9.80. The fourth-order valence-corrected chi connectivity index (χ4v) is 11.4. The summed E-state index contributed by atoms with van der Waals surface area (Å²) < 4.78 is 4.75. The molecule has 334 valence electrons. The molecule has 5 nitrogen and oxygen atoms in total. The molecule has 14 rings (SSSR count). The SMILES string of the molecule is CC1(C)c2cc(-c3ccc4c(c3)c3ccccc3n4-c3ccccc3)ccc2-c2c1ccc(-c1ccc3c(c1)c1ccccc1n3-c1ccccc1)c2-c1nc(-c2ccccc2)nc(-c2ccccc2)n1. The van der Waals surface area contributed by atoms with Crippen molar-refractivity contribution >= 4 is 43.6 Å². The van der Waals surface area contributed by atoms with Crippen LogP contribution in [0.1, 0.15) is 25.0 Å². The molecule has 10 aromatic carbocycles. The topological polar surface area (TPSA) is 48.5 Å². The van der Waals surface area contributed by atoms with E-state index in [0.29, 0.717) is 17.5 Å². The van der Waals surface area contributed by atoms with Crippen molar-refractivity contribution in [3.8, 4) is 78.9 Å². The van der Waals surface area contributed by atoms with Crippen LogP contribution in [0, 0.1) is 0 Å². The van der Waals surface area contributed by atoms with E-state index < -0.39 is 0 Å². The molecule has 0 atom stereocenters. The Morgan fingerprint density at radius 2 is 0.718 bits per heavy atom. The Balaban J connectivity index is 1.00. The summed E-state index contributed by atoms with van der Waals surface area (Å²) in [6, 6.07) is 85.0. The van der Waals surface area contributed by atoms with Gasteiger partial charge in [-0.05, 0) is 111 Å². The van der Waals surface area contributed by atoms with Gasteiger partial charge in [-0.3, -0.25) is 0 Å². The molecule has 1 aliphatic carbocycles. The second-order valence-corrected chi connectivity index (χ2v) is 19.2. The van der Waals surface area contributed by atoms with E-state index in [0.717, 1.165) is 50.3 Å². The second-order valence-electron chi connectivity index (χ2n) is 19.2. The standard InChI is InChI=1S/C66H45N5/c1-66(2)55-36-35-49(46-33-38-60-54(40-46)51-28-16-18-30-58(51)71(60)48-25-13-6-14-26-48)62(65-68-63(42-19-7-3-8-20-42)67-64(69-65)43-21-9-4-10-22-43)61(55)52-34-31-45(41-56(52)66)44-32-37-59-53(39-44)50-27-15-17-29-57(50)70(59)47-23-11-5-12-24-47/h3-41H,1-2H3. The van der Waals surface area contributed by atoms with Crippen molar-refractivity contribution < 1.29 is 0 Å². The minimum Gasteiger partial charge on any atom is -0.309 e. The smallest absolute Gasteiger partial charge is 0.165 e. The zero-order valence-corrected chi connectivity index (χ0v) is 39.3. The number of hydrogen-bond acceptors (Lipinski definition) is 3. The second kappa shape index (κ2) is 15.9. The lowest BCUT2D eigenvalue weighted by molar-refractivity contribution is 0.661. The first-order valence-electron chi connectivity index (χ1n) is 24.4. The number of aromatic nitrogens is 5. The van der Waals surface area contributed by atoms with Gasteiger partial charge in [-0.25, -0.2) is 15.0 Å². The molecule has 0 amide bonds. The maximum absolute atomic E-state index is 5.45. The highest BCUT2D eigenvalue weighted by atomic mass is 15.0. The van der Waals surface area contributed by atoms with E-state index in [1.54, 1.807) is 0 Å². The zero-order valence-electron chi connectivity index (χ0n) is 39.3. The van der Waals surface area contributed by atoms with Gasteiger partial charge in [0.05, 0.1) is 22.1 Å². The summed E-state index contributed by atoms with van der Waals surface area (Å²) in [7, 11) is 0. The average Bonchev–Trinajstić information content (AvgIpc) is 4.03. The highest BCUT2D eigenvalue weighted by Crippen LogP contribution is 2.55. The van der Waals surface area contributed by atoms with E-state index in [9.17, 15) is 0 Å². The molecule has 0 bridgehead atoms. The maximum atomic E-state index is 5.45. The van der Waals surface area contributed by atoms with E-state index in [4.69, 9.17) is 15.0 Å². The highest BCUT2D eigenvalue weighted by Gasteiger charge is 2.39. The molecule has 1 aliphatic rings. The number of rotatable bonds is 7. The van der Waals surface area contributed by atoms with Crippen LogP contribution < -0.4 is 0 Å². The third-order valence-electron chi connectivity index (χ3n) is 14.8. The van der Waals surface area contributed by atoms with Gasteiger partial charge in [-0.15, -0.1) is 0 Å². The quantitative estimate of drug-likeness (QED) is 0.160. The normalized spacial score (nSPS) is 12.8. The first-order valence-corrected chi connectivity index (χ1v) is 24.4. The number of benzene rings is 10. The molecule has 3 aromatic heterocycles. The molecule has 0 radical (unpaired) electrons. The van der Waals surface area contributed by atoms with Gasteiger partial charge in [0.15, 0.2) is 17.5 Å². The average molecular weight is 908 g/mol. The van der Waals surface area contributed by atoms with E-state index in [-0.39, 0.29) is 5.41 Å². The summed E-state index contributed by atoms with van der Waals surface area (Å²) in [6.45, 7) is 4.73. The minimum atomic E-state index is -0.341. The number of hydrogen-bond donors (Lipinski definition) is 0. The molecule has 13 aromatic rings. The van der Waals surface area contributed by atoms with Crippen molar-refractivity contribution in [2.75, 3.05) is 0 Å². The first-order chi connectivity index (χ1) is 35.0. The van der Waals surface area contributed by atoms with Gasteiger partial charge in [-0.1, -0.05) is 184 Å². The van der Waals surface area contributed by atoms with Gasteiger partial charge in [0.1, 0.15) is 0 Å². The summed E-state index contributed by atoms with van der Waals surface area (Å²) in [5, 5.41) is 4.87. The molecular formula is C66H45N5. The third kappa shape index (κ3) is 6.43. The van der Waals surface area contributed by atoms with Crippen molar-refractivity contribution in [2.45, 2.75) is 19.3 Å². The lowest BCUT2D eigenvalue weighted by Gasteiger charge is -2.23. The van der Waals surface area contributed by atoms with E-state index >= 15 is 0 Å². The molecule has 5 heteroatoms. The van der Waals surface area contributed by atoms with E-state index in [1.807, 2.05) is 36.4 Å². The van der Waals surface area contributed by atoms with Crippen LogP contribution in [0.2, 0.25) is 0 Å². The van der Waals surface area contributed by atoms with Crippen LogP contribution in [0.3, 0.4) is 0 Å². The predicted molar refractivity (Wildman–Crippen MR) is 293 cm³/mol. The van der Waals surface area contributed by atoms with Gasteiger partial charge in [0, 0.05) is 55.0 Å². The van der Waals surface area contributed by atoms with Crippen molar-refractivity contribution in [1.29, 1.82) is 0 Å². The summed E-state index contributed by atoms with van der Waals surface area (Å²) in [5.41, 5.74) is 18.9. The summed E-state index contributed by atoms with van der Waals surface area (Å²) in [4.78, 5) is 16.1. The molecule has 0 fully saturated rings.